The van der Waals surface area contributed by atoms with E-state index in [1.807, 2.05) is 13.8 Å². The first-order valence-corrected chi connectivity index (χ1v) is 6.71. The number of aliphatic carboxylic acids is 1. The molecule has 1 aromatic heterocycles. The Labute approximate surface area is 123 Å². The first-order chi connectivity index (χ1) is 9.88. The van der Waals surface area contributed by atoms with Crippen LogP contribution in [-0.4, -0.2) is 47.2 Å². The van der Waals surface area contributed by atoms with Crippen molar-refractivity contribution in [2.24, 2.45) is 5.92 Å². The summed E-state index contributed by atoms with van der Waals surface area (Å²) in [5.74, 6) is -0.0297. The van der Waals surface area contributed by atoms with E-state index in [0.29, 0.717) is 24.1 Å². The third-order valence-corrected chi connectivity index (χ3v) is 2.56. The predicted octanol–water partition coefficient (Wildman–Crippen LogP) is 2.05. The van der Waals surface area contributed by atoms with Gasteiger partial charge in [-0.15, -0.1) is 0 Å². The van der Waals surface area contributed by atoms with Crippen molar-refractivity contribution in [3.8, 4) is 5.88 Å². The normalized spacial score (nSPS) is 10.3. The number of urea groups is 1. The number of nitrogens with zero attached hydrogens (tertiary/aromatic N) is 2. The summed E-state index contributed by atoms with van der Waals surface area (Å²) in [5.41, 5.74) is 0.527. The first-order valence-electron chi connectivity index (χ1n) is 6.71. The number of nitrogens with one attached hydrogen (secondary N) is 1. The number of aromatic nitrogens is 1. The van der Waals surface area contributed by atoms with Gasteiger partial charge in [-0.2, -0.15) is 0 Å². The van der Waals surface area contributed by atoms with Crippen LogP contribution in [0.1, 0.15) is 20.3 Å². The average Bonchev–Trinajstić information content (AvgIpc) is 2.43. The van der Waals surface area contributed by atoms with Gasteiger partial charge in [-0.25, -0.2) is 9.78 Å². The van der Waals surface area contributed by atoms with Crippen molar-refractivity contribution in [2.45, 2.75) is 20.3 Å². The second-order valence-corrected chi connectivity index (χ2v) is 5.09. The second-order valence-electron chi connectivity index (χ2n) is 5.09. The lowest BCUT2D eigenvalue weighted by Crippen LogP contribution is -2.33. The van der Waals surface area contributed by atoms with Crippen LogP contribution >= 0.6 is 0 Å². The Balaban J connectivity index is 2.47. The molecule has 0 aromatic carbocycles. The smallest absolute Gasteiger partial charge is 0.321 e. The molecule has 116 valence electrons. The Morgan fingerprint density at radius 1 is 1.43 bits per heavy atom. The number of ether oxygens (including phenoxy) is 1. The molecule has 0 saturated heterocycles. The van der Waals surface area contributed by atoms with Crippen LogP contribution in [0.2, 0.25) is 0 Å². The van der Waals surface area contributed by atoms with E-state index in [-0.39, 0.29) is 19.0 Å². The van der Waals surface area contributed by atoms with Gasteiger partial charge < -0.3 is 20.1 Å². The summed E-state index contributed by atoms with van der Waals surface area (Å²) < 4.78 is 5.44. The number of rotatable bonds is 7. The largest absolute Gasteiger partial charge is 0.481 e. The number of amides is 2. The number of hydrogen-bond donors (Lipinski definition) is 2. The summed E-state index contributed by atoms with van der Waals surface area (Å²) in [5, 5.41) is 11.2. The number of carboxylic acids is 1. The van der Waals surface area contributed by atoms with Gasteiger partial charge in [0.2, 0.25) is 5.88 Å². The molecule has 0 radical (unpaired) electrons. The standard InChI is InChI=1S/C14H21N3O4/c1-10(2)9-21-12-5-4-11(8-15-12)16-14(20)17(3)7-6-13(18)19/h4-5,8,10H,6-7,9H2,1-3H3,(H,16,20)(H,18,19). The van der Waals surface area contributed by atoms with Crippen LogP contribution in [0.5, 0.6) is 5.88 Å². The molecule has 0 saturated carbocycles. The molecule has 0 bridgehead atoms. The molecular formula is C14H21N3O4. The molecule has 7 heteroatoms. The van der Waals surface area contributed by atoms with Gasteiger partial charge >= 0.3 is 12.0 Å². The predicted molar refractivity (Wildman–Crippen MR) is 78.5 cm³/mol. The third-order valence-electron chi connectivity index (χ3n) is 2.56. The minimum absolute atomic E-state index is 0.0931. The molecule has 0 spiro atoms. The van der Waals surface area contributed by atoms with Crippen LogP contribution in [0, 0.1) is 5.92 Å². The van der Waals surface area contributed by atoms with Crippen LogP contribution in [0.15, 0.2) is 18.3 Å². The van der Waals surface area contributed by atoms with E-state index in [9.17, 15) is 9.59 Å². The zero-order chi connectivity index (χ0) is 15.8. The fourth-order valence-electron chi connectivity index (χ4n) is 1.38. The van der Waals surface area contributed by atoms with Gasteiger partial charge in [-0.1, -0.05) is 13.8 Å². The van der Waals surface area contributed by atoms with E-state index in [4.69, 9.17) is 9.84 Å². The van der Waals surface area contributed by atoms with E-state index < -0.39 is 5.97 Å². The molecule has 1 rings (SSSR count). The zero-order valence-corrected chi connectivity index (χ0v) is 12.5. The van der Waals surface area contributed by atoms with Gasteiger partial charge in [-0.3, -0.25) is 4.79 Å². The first kappa shape index (κ1) is 16.7. The van der Waals surface area contributed by atoms with Gasteiger partial charge in [0.1, 0.15) is 0 Å². The van der Waals surface area contributed by atoms with Crippen molar-refractivity contribution in [3.05, 3.63) is 18.3 Å². The van der Waals surface area contributed by atoms with E-state index in [0.717, 1.165) is 0 Å². The number of carbonyl (C=O) groups excluding carboxylic acids is 1. The van der Waals surface area contributed by atoms with Gasteiger partial charge in [0.15, 0.2) is 0 Å². The van der Waals surface area contributed by atoms with E-state index in [1.54, 1.807) is 12.1 Å². The fourth-order valence-corrected chi connectivity index (χ4v) is 1.38. The molecule has 21 heavy (non-hydrogen) atoms. The van der Waals surface area contributed by atoms with Gasteiger partial charge in [0, 0.05) is 19.7 Å². The zero-order valence-electron chi connectivity index (χ0n) is 12.5. The average molecular weight is 295 g/mol. The maximum atomic E-state index is 11.8. The monoisotopic (exact) mass is 295 g/mol. The molecule has 0 fully saturated rings. The molecule has 2 amide bonds. The van der Waals surface area contributed by atoms with Crippen molar-refractivity contribution in [1.82, 2.24) is 9.88 Å². The van der Waals surface area contributed by atoms with Crippen LogP contribution in [0.3, 0.4) is 0 Å². The molecule has 1 aromatic rings. The fraction of sp³-hybridized carbons (Fsp3) is 0.500. The Hall–Kier alpha value is -2.31. The maximum Gasteiger partial charge on any atom is 0.321 e. The molecule has 2 N–H and O–H groups in total. The summed E-state index contributed by atoms with van der Waals surface area (Å²) in [7, 11) is 1.53. The van der Waals surface area contributed by atoms with Crippen LogP contribution < -0.4 is 10.1 Å². The van der Waals surface area contributed by atoms with Crippen molar-refractivity contribution >= 4 is 17.7 Å². The van der Waals surface area contributed by atoms with Crippen LogP contribution in [0.4, 0.5) is 10.5 Å². The number of carboxylic acid groups (broad SMARTS) is 1. The molecule has 0 aliphatic carbocycles. The number of carbonyl (C=O) groups is 2. The molecule has 7 nitrogen and oxygen atoms in total. The second kappa shape index (κ2) is 8.08. The van der Waals surface area contributed by atoms with Crippen molar-refractivity contribution in [3.63, 3.8) is 0 Å². The highest BCUT2D eigenvalue weighted by Gasteiger charge is 2.10. The van der Waals surface area contributed by atoms with E-state index >= 15 is 0 Å². The van der Waals surface area contributed by atoms with Crippen molar-refractivity contribution in [1.29, 1.82) is 0 Å². The number of pyridine rings is 1. The molecule has 0 aliphatic heterocycles. The summed E-state index contributed by atoms with van der Waals surface area (Å²) >= 11 is 0. The highest BCUT2D eigenvalue weighted by molar-refractivity contribution is 5.89. The Morgan fingerprint density at radius 2 is 2.14 bits per heavy atom. The third kappa shape index (κ3) is 6.60. The lowest BCUT2D eigenvalue weighted by Gasteiger charge is -2.16. The van der Waals surface area contributed by atoms with Crippen molar-refractivity contribution < 1.29 is 19.4 Å². The molecular weight excluding hydrogens is 274 g/mol. The van der Waals surface area contributed by atoms with Crippen LogP contribution in [-0.2, 0) is 4.79 Å². The number of anilines is 1. The van der Waals surface area contributed by atoms with Crippen molar-refractivity contribution in [2.75, 3.05) is 25.5 Å². The Bertz CT molecular complexity index is 474. The molecule has 0 atom stereocenters. The highest BCUT2D eigenvalue weighted by Crippen LogP contribution is 2.13. The highest BCUT2D eigenvalue weighted by atomic mass is 16.5. The summed E-state index contributed by atoms with van der Waals surface area (Å²) in [6.07, 6.45) is 1.41. The van der Waals surface area contributed by atoms with E-state index in [1.165, 1.54) is 18.1 Å². The van der Waals surface area contributed by atoms with Gasteiger partial charge in [0.25, 0.3) is 0 Å². The van der Waals surface area contributed by atoms with E-state index in [2.05, 4.69) is 10.3 Å². The minimum Gasteiger partial charge on any atom is -0.481 e. The summed E-state index contributed by atoms with van der Waals surface area (Å²) in [6, 6.07) is 2.98. The topological polar surface area (TPSA) is 91.8 Å². The molecule has 1 heterocycles. The van der Waals surface area contributed by atoms with Gasteiger partial charge in [0.05, 0.1) is 24.9 Å². The maximum absolute atomic E-state index is 11.8. The Kier molecular flexibility index (Phi) is 6.45. The molecule has 0 unspecified atom stereocenters. The quantitative estimate of drug-likeness (QED) is 0.803. The Morgan fingerprint density at radius 3 is 2.67 bits per heavy atom. The molecule has 0 aliphatic rings. The van der Waals surface area contributed by atoms with Crippen LogP contribution in [0.25, 0.3) is 0 Å². The number of hydrogen-bond acceptors (Lipinski definition) is 4. The summed E-state index contributed by atoms with van der Waals surface area (Å²) in [4.78, 5) is 27.6. The summed E-state index contributed by atoms with van der Waals surface area (Å²) in [6.45, 7) is 4.81. The minimum atomic E-state index is -0.942. The lowest BCUT2D eigenvalue weighted by molar-refractivity contribution is -0.137. The lowest BCUT2D eigenvalue weighted by atomic mass is 10.2. The van der Waals surface area contributed by atoms with Gasteiger partial charge in [-0.05, 0) is 12.0 Å². The SMILES string of the molecule is CC(C)COc1ccc(NC(=O)N(C)CCC(=O)O)cn1.